The van der Waals surface area contributed by atoms with Gasteiger partial charge in [0.2, 0.25) is 0 Å². The molecule has 1 heterocycles. The molecular formula is C13H11BrClFN2O. The van der Waals surface area contributed by atoms with Gasteiger partial charge in [-0.3, -0.25) is 4.79 Å². The molecule has 1 aromatic heterocycles. The van der Waals surface area contributed by atoms with Crippen molar-refractivity contribution in [2.24, 2.45) is 0 Å². The van der Waals surface area contributed by atoms with Crippen molar-refractivity contribution < 1.29 is 9.18 Å². The molecular weight excluding hydrogens is 335 g/mol. The van der Waals surface area contributed by atoms with Crippen molar-refractivity contribution in [1.29, 1.82) is 0 Å². The molecule has 0 unspecified atom stereocenters. The van der Waals surface area contributed by atoms with Crippen LogP contribution >= 0.6 is 27.5 Å². The lowest BCUT2D eigenvalue weighted by Crippen LogP contribution is -2.27. The number of H-pyrrole nitrogens is 1. The largest absolute Gasteiger partial charge is 0.356 e. The Morgan fingerprint density at radius 2 is 2.26 bits per heavy atom. The first kappa shape index (κ1) is 14.1. The number of hydrogen-bond acceptors (Lipinski definition) is 1. The minimum atomic E-state index is -0.417. The number of nitrogens with one attached hydrogen (secondary N) is 1. The molecule has 2 aromatic rings. The zero-order valence-corrected chi connectivity index (χ0v) is 12.4. The molecule has 0 aliphatic heterocycles. The van der Waals surface area contributed by atoms with Crippen LogP contribution in [0, 0.1) is 5.82 Å². The molecule has 3 nitrogen and oxygen atoms in total. The minimum absolute atomic E-state index is 0.112. The predicted molar refractivity (Wildman–Crippen MR) is 75.7 cm³/mol. The number of aromatic amines is 1. The van der Waals surface area contributed by atoms with Gasteiger partial charge in [0, 0.05) is 28.3 Å². The lowest BCUT2D eigenvalue weighted by molar-refractivity contribution is 0.0779. The molecule has 0 aliphatic carbocycles. The molecule has 0 aliphatic rings. The zero-order valence-electron chi connectivity index (χ0n) is 10.1. The summed E-state index contributed by atoms with van der Waals surface area (Å²) < 4.78 is 14.4. The number of benzene rings is 1. The van der Waals surface area contributed by atoms with E-state index in [1.165, 1.54) is 17.0 Å². The van der Waals surface area contributed by atoms with E-state index in [1.807, 2.05) is 0 Å². The van der Waals surface area contributed by atoms with Gasteiger partial charge in [0.25, 0.3) is 5.91 Å². The molecule has 2 rings (SSSR count). The fraction of sp³-hybridized carbons (Fsp3) is 0.154. The van der Waals surface area contributed by atoms with Crippen LogP contribution in [0.3, 0.4) is 0 Å². The Morgan fingerprint density at radius 1 is 1.53 bits per heavy atom. The maximum Gasteiger partial charge on any atom is 0.270 e. The first-order valence-electron chi connectivity index (χ1n) is 5.51. The normalized spacial score (nSPS) is 10.5. The van der Waals surface area contributed by atoms with Crippen molar-refractivity contribution in [2.45, 2.75) is 6.54 Å². The predicted octanol–water partition coefficient (Wildman–Crippen LogP) is 3.84. The Hall–Kier alpha value is -1.33. The molecule has 0 saturated heterocycles. The number of hydrogen-bond donors (Lipinski definition) is 1. The van der Waals surface area contributed by atoms with Crippen molar-refractivity contribution in [1.82, 2.24) is 9.88 Å². The van der Waals surface area contributed by atoms with Gasteiger partial charge in [0.05, 0.1) is 6.54 Å². The highest BCUT2D eigenvalue weighted by Gasteiger charge is 2.16. The van der Waals surface area contributed by atoms with Gasteiger partial charge in [-0.15, -0.1) is 0 Å². The molecule has 19 heavy (non-hydrogen) atoms. The number of rotatable bonds is 3. The maximum absolute atomic E-state index is 13.6. The smallest absolute Gasteiger partial charge is 0.270 e. The van der Waals surface area contributed by atoms with Crippen molar-refractivity contribution >= 4 is 33.4 Å². The summed E-state index contributed by atoms with van der Waals surface area (Å²) in [5.41, 5.74) is 0.743. The van der Waals surface area contributed by atoms with Crippen molar-refractivity contribution in [3.05, 3.63) is 57.0 Å². The second-order valence-corrected chi connectivity index (χ2v) is 5.42. The lowest BCUT2D eigenvalue weighted by atomic mass is 10.2. The Labute approximate surface area is 123 Å². The Bertz CT molecular complexity index is 594. The summed E-state index contributed by atoms with van der Waals surface area (Å²) in [4.78, 5) is 16.3. The van der Waals surface area contributed by atoms with E-state index in [0.29, 0.717) is 16.3 Å². The number of carbonyl (C=O) groups excluding carboxylic acids is 1. The van der Waals surface area contributed by atoms with Crippen LogP contribution in [0.4, 0.5) is 4.39 Å². The summed E-state index contributed by atoms with van der Waals surface area (Å²) in [6.07, 6.45) is 1.66. The maximum atomic E-state index is 13.6. The summed E-state index contributed by atoms with van der Waals surface area (Å²) >= 11 is 9.19. The van der Waals surface area contributed by atoms with Gasteiger partial charge in [-0.1, -0.05) is 17.7 Å². The van der Waals surface area contributed by atoms with Crippen LogP contribution in [0.15, 0.2) is 34.9 Å². The first-order chi connectivity index (χ1) is 8.99. The monoisotopic (exact) mass is 344 g/mol. The van der Waals surface area contributed by atoms with Crippen LogP contribution < -0.4 is 0 Å². The van der Waals surface area contributed by atoms with E-state index < -0.39 is 5.82 Å². The molecule has 1 N–H and O–H groups in total. The third-order valence-electron chi connectivity index (χ3n) is 2.68. The molecule has 0 bridgehead atoms. The Morgan fingerprint density at radius 3 is 2.84 bits per heavy atom. The van der Waals surface area contributed by atoms with Crippen LogP contribution in [0.1, 0.15) is 16.1 Å². The topological polar surface area (TPSA) is 36.1 Å². The summed E-state index contributed by atoms with van der Waals surface area (Å²) in [6.45, 7) is 0.112. The molecule has 1 amide bonds. The molecule has 0 spiro atoms. The molecule has 1 aromatic carbocycles. The third kappa shape index (κ3) is 3.16. The van der Waals surface area contributed by atoms with Crippen LogP contribution in [-0.4, -0.2) is 22.8 Å². The molecule has 6 heteroatoms. The van der Waals surface area contributed by atoms with E-state index in [1.54, 1.807) is 25.4 Å². The first-order valence-corrected chi connectivity index (χ1v) is 6.68. The van der Waals surface area contributed by atoms with Crippen LogP contribution in [0.25, 0.3) is 0 Å². The van der Waals surface area contributed by atoms with Crippen molar-refractivity contribution in [3.8, 4) is 0 Å². The van der Waals surface area contributed by atoms with E-state index in [0.717, 1.165) is 4.47 Å². The molecule has 100 valence electrons. The molecule has 0 atom stereocenters. The quantitative estimate of drug-likeness (QED) is 0.901. The Kier molecular flexibility index (Phi) is 4.27. The van der Waals surface area contributed by atoms with Crippen LogP contribution in [0.2, 0.25) is 5.02 Å². The number of halogens is 3. The number of nitrogens with zero attached hydrogens (tertiary/aromatic N) is 1. The van der Waals surface area contributed by atoms with E-state index in [9.17, 15) is 9.18 Å². The standard InChI is InChI=1S/C13H11BrClFN2O/c1-18(13(19)12-5-8(14)6-17-12)7-9-10(15)3-2-4-11(9)16/h2-6,17H,7H2,1H3. The fourth-order valence-electron chi connectivity index (χ4n) is 1.69. The van der Waals surface area contributed by atoms with E-state index >= 15 is 0 Å². The van der Waals surface area contributed by atoms with Gasteiger partial charge in [-0.05, 0) is 34.1 Å². The summed E-state index contributed by atoms with van der Waals surface area (Å²) in [6, 6.07) is 6.13. The lowest BCUT2D eigenvalue weighted by Gasteiger charge is -2.17. The van der Waals surface area contributed by atoms with Gasteiger partial charge in [-0.2, -0.15) is 0 Å². The SMILES string of the molecule is CN(Cc1c(F)cccc1Cl)C(=O)c1cc(Br)c[nH]1. The average Bonchev–Trinajstić information content (AvgIpc) is 2.79. The molecule has 0 fully saturated rings. The summed E-state index contributed by atoms with van der Waals surface area (Å²) in [5.74, 6) is -0.648. The third-order valence-corrected chi connectivity index (χ3v) is 3.49. The van der Waals surface area contributed by atoms with E-state index in [4.69, 9.17) is 11.6 Å². The highest BCUT2D eigenvalue weighted by atomic mass is 79.9. The van der Waals surface area contributed by atoms with E-state index in [2.05, 4.69) is 20.9 Å². The molecule has 0 radical (unpaired) electrons. The summed E-state index contributed by atoms with van der Waals surface area (Å²) in [5, 5.41) is 0.312. The van der Waals surface area contributed by atoms with Crippen LogP contribution in [-0.2, 0) is 6.54 Å². The number of amides is 1. The van der Waals surface area contributed by atoms with E-state index in [-0.39, 0.29) is 12.5 Å². The van der Waals surface area contributed by atoms with Gasteiger partial charge in [-0.25, -0.2) is 4.39 Å². The van der Waals surface area contributed by atoms with Crippen molar-refractivity contribution in [2.75, 3.05) is 7.05 Å². The van der Waals surface area contributed by atoms with Gasteiger partial charge < -0.3 is 9.88 Å². The van der Waals surface area contributed by atoms with Gasteiger partial charge >= 0.3 is 0 Å². The van der Waals surface area contributed by atoms with Gasteiger partial charge in [0.15, 0.2) is 0 Å². The fourth-order valence-corrected chi connectivity index (χ4v) is 2.26. The second kappa shape index (κ2) is 5.75. The van der Waals surface area contributed by atoms with Crippen LogP contribution in [0.5, 0.6) is 0 Å². The minimum Gasteiger partial charge on any atom is -0.356 e. The zero-order chi connectivity index (χ0) is 14.0. The summed E-state index contributed by atoms with van der Waals surface area (Å²) in [7, 11) is 1.60. The van der Waals surface area contributed by atoms with Crippen molar-refractivity contribution in [3.63, 3.8) is 0 Å². The average molecular weight is 346 g/mol. The number of aromatic nitrogens is 1. The number of carbonyl (C=O) groups is 1. The molecule has 0 saturated carbocycles. The highest BCUT2D eigenvalue weighted by Crippen LogP contribution is 2.21. The van der Waals surface area contributed by atoms with Gasteiger partial charge in [0.1, 0.15) is 11.5 Å². The second-order valence-electron chi connectivity index (χ2n) is 4.09. The Balaban J connectivity index is 2.17. The highest BCUT2D eigenvalue weighted by molar-refractivity contribution is 9.10.